The van der Waals surface area contributed by atoms with Gasteiger partial charge in [-0.05, 0) is 75.8 Å². The summed E-state index contributed by atoms with van der Waals surface area (Å²) in [6.07, 6.45) is 1.80. The highest BCUT2D eigenvalue weighted by Gasteiger charge is 2.35. The molecule has 6 rings (SSSR count). The molecule has 0 unspecified atom stereocenters. The smallest absolute Gasteiger partial charge is 0.338 e. The first-order chi connectivity index (χ1) is 21.8. The van der Waals surface area contributed by atoms with Gasteiger partial charge in [0, 0.05) is 10.4 Å². The number of carbonyl (C=O) groups excluding carboxylic acids is 1. The standard InChI is InChI=1S/C34H25BrN2O6S2/c1-2-42-33(41)28-29(22-7-4-3-5-8-22)36-34-37(30(28)26-9-6-16-44-26)31(38)27(45-34)18-21-12-15-25(24(35)17-21)43-19-20-10-13-23(14-11-20)32(39)40/h3-18,30H,2,19H2,1H3,(H,39,40)/b27-18+/t30-/m1/s1. The number of hydrogen-bond acceptors (Lipinski definition) is 8. The number of thiophene rings is 1. The van der Waals surface area contributed by atoms with Crippen molar-refractivity contribution in [1.29, 1.82) is 0 Å². The molecule has 0 aliphatic carbocycles. The Kier molecular flexibility index (Phi) is 8.92. The van der Waals surface area contributed by atoms with E-state index in [0.29, 0.717) is 30.8 Å². The number of nitrogens with zero attached hydrogens (tertiary/aromatic N) is 2. The molecule has 1 aliphatic rings. The van der Waals surface area contributed by atoms with E-state index in [0.717, 1.165) is 21.6 Å². The molecule has 2 aromatic heterocycles. The summed E-state index contributed by atoms with van der Waals surface area (Å²) in [6.45, 7) is 2.20. The molecule has 0 fully saturated rings. The second-order valence-electron chi connectivity index (χ2n) is 9.93. The number of ether oxygens (including phenoxy) is 2. The van der Waals surface area contributed by atoms with Gasteiger partial charge in [0.2, 0.25) is 0 Å². The highest BCUT2D eigenvalue weighted by molar-refractivity contribution is 9.10. The lowest BCUT2D eigenvalue weighted by Gasteiger charge is -2.24. The predicted molar refractivity (Wildman–Crippen MR) is 177 cm³/mol. The molecule has 45 heavy (non-hydrogen) atoms. The van der Waals surface area contributed by atoms with Crippen molar-refractivity contribution < 1.29 is 24.2 Å². The van der Waals surface area contributed by atoms with E-state index in [1.807, 2.05) is 60.0 Å². The SMILES string of the molecule is CCOC(=O)C1=C(c2ccccc2)N=c2s/c(=C/c3ccc(OCc4ccc(C(=O)O)cc4)c(Br)c3)c(=O)n2[C@@H]1c1cccs1. The van der Waals surface area contributed by atoms with E-state index >= 15 is 0 Å². The van der Waals surface area contributed by atoms with E-state index in [4.69, 9.17) is 19.6 Å². The van der Waals surface area contributed by atoms with Gasteiger partial charge in [-0.3, -0.25) is 9.36 Å². The van der Waals surface area contributed by atoms with Gasteiger partial charge in [0.05, 0.1) is 32.4 Å². The Labute approximate surface area is 274 Å². The zero-order valence-corrected chi connectivity index (χ0v) is 27.0. The molecule has 1 aliphatic heterocycles. The number of carbonyl (C=O) groups is 2. The van der Waals surface area contributed by atoms with E-state index in [1.54, 1.807) is 35.8 Å². The molecule has 3 aromatic carbocycles. The number of fused-ring (bicyclic) bond motifs is 1. The number of aromatic carboxylic acids is 1. The molecule has 8 nitrogen and oxygen atoms in total. The number of hydrogen-bond donors (Lipinski definition) is 1. The summed E-state index contributed by atoms with van der Waals surface area (Å²) in [6, 6.07) is 24.6. The number of esters is 1. The fourth-order valence-electron chi connectivity index (χ4n) is 4.94. The van der Waals surface area contributed by atoms with Gasteiger partial charge < -0.3 is 14.6 Å². The first-order valence-corrected chi connectivity index (χ1v) is 16.4. The molecule has 0 saturated carbocycles. The Morgan fingerprint density at radius 3 is 2.49 bits per heavy atom. The maximum Gasteiger partial charge on any atom is 0.338 e. The number of aromatic nitrogens is 1. The van der Waals surface area contributed by atoms with E-state index in [9.17, 15) is 14.4 Å². The third-order valence-corrected chi connectivity index (χ3v) is 9.56. The molecular weight excluding hydrogens is 676 g/mol. The van der Waals surface area contributed by atoms with Crippen LogP contribution in [0.25, 0.3) is 11.8 Å². The van der Waals surface area contributed by atoms with Gasteiger partial charge in [0.15, 0.2) is 4.80 Å². The molecule has 5 aromatic rings. The lowest BCUT2D eigenvalue weighted by atomic mass is 9.97. The molecule has 11 heteroatoms. The second-order valence-corrected chi connectivity index (χ2v) is 12.8. The summed E-state index contributed by atoms with van der Waals surface area (Å²) in [5, 5.41) is 11.0. The molecule has 0 radical (unpaired) electrons. The van der Waals surface area contributed by atoms with E-state index in [2.05, 4.69) is 15.9 Å². The minimum atomic E-state index is -0.980. The predicted octanol–water partition coefficient (Wildman–Crippen LogP) is 6.04. The Bertz CT molecular complexity index is 2100. The number of rotatable bonds is 9. The highest BCUT2D eigenvalue weighted by Crippen LogP contribution is 2.37. The van der Waals surface area contributed by atoms with Gasteiger partial charge in [-0.25, -0.2) is 14.6 Å². The first kappa shape index (κ1) is 30.4. The van der Waals surface area contributed by atoms with Gasteiger partial charge in [0.25, 0.3) is 5.56 Å². The Morgan fingerprint density at radius 2 is 1.82 bits per heavy atom. The average molecular weight is 702 g/mol. The highest BCUT2D eigenvalue weighted by atomic mass is 79.9. The van der Waals surface area contributed by atoms with E-state index in [1.165, 1.54) is 34.8 Å². The summed E-state index contributed by atoms with van der Waals surface area (Å²) >= 11 is 6.30. The van der Waals surface area contributed by atoms with Crippen molar-refractivity contribution >= 4 is 62.3 Å². The van der Waals surface area contributed by atoms with Gasteiger partial charge >= 0.3 is 11.9 Å². The maximum atomic E-state index is 14.0. The zero-order chi connectivity index (χ0) is 31.5. The molecule has 3 heterocycles. The van der Waals surface area contributed by atoms with Crippen molar-refractivity contribution in [2.24, 2.45) is 4.99 Å². The van der Waals surface area contributed by atoms with Crippen LogP contribution in [0.5, 0.6) is 5.75 Å². The van der Waals surface area contributed by atoms with Gasteiger partial charge in [-0.1, -0.05) is 65.9 Å². The summed E-state index contributed by atoms with van der Waals surface area (Å²) in [4.78, 5) is 44.8. The summed E-state index contributed by atoms with van der Waals surface area (Å²) < 4.78 is 14.2. The van der Waals surface area contributed by atoms with Crippen molar-refractivity contribution in [3.8, 4) is 5.75 Å². The van der Waals surface area contributed by atoms with Crippen molar-refractivity contribution in [1.82, 2.24) is 4.57 Å². The summed E-state index contributed by atoms with van der Waals surface area (Å²) in [5.74, 6) is -0.892. The lowest BCUT2D eigenvalue weighted by Crippen LogP contribution is -2.39. The van der Waals surface area contributed by atoms with Crippen LogP contribution in [-0.2, 0) is 16.1 Å². The molecule has 1 atom stereocenters. The van der Waals surface area contributed by atoms with Crippen LogP contribution in [0.3, 0.4) is 0 Å². The van der Waals surface area contributed by atoms with E-state index < -0.39 is 18.0 Å². The molecule has 226 valence electrons. The van der Waals surface area contributed by atoms with Crippen LogP contribution in [0, 0.1) is 0 Å². The zero-order valence-electron chi connectivity index (χ0n) is 23.8. The number of carboxylic acids is 1. The average Bonchev–Trinajstić information content (AvgIpc) is 3.69. The minimum absolute atomic E-state index is 0.192. The lowest BCUT2D eigenvalue weighted by molar-refractivity contribution is -0.138. The largest absolute Gasteiger partial charge is 0.488 e. The third-order valence-electron chi connectivity index (χ3n) is 7.04. The van der Waals surface area contributed by atoms with Gasteiger partial charge in [-0.15, -0.1) is 11.3 Å². The fourth-order valence-corrected chi connectivity index (χ4v) is 7.27. The quantitative estimate of drug-likeness (QED) is 0.188. The maximum absolute atomic E-state index is 14.0. The van der Waals surface area contributed by atoms with E-state index in [-0.39, 0.29) is 24.3 Å². The number of thiazole rings is 1. The monoisotopic (exact) mass is 700 g/mol. The van der Waals surface area contributed by atoms with Crippen LogP contribution in [0.1, 0.15) is 44.9 Å². The number of halogens is 1. The Hall–Kier alpha value is -4.58. The summed E-state index contributed by atoms with van der Waals surface area (Å²) in [5.41, 5.74) is 3.13. The van der Waals surface area contributed by atoms with Crippen molar-refractivity contribution in [2.45, 2.75) is 19.6 Å². The minimum Gasteiger partial charge on any atom is -0.488 e. The van der Waals surface area contributed by atoms with Crippen LogP contribution in [0.2, 0.25) is 0 Å². The van der Waals surface area contributed by atoms with Crippen LogP contribution in [-0.4, -0.2) is 28.2 Å². The molecule has 0 bridgehead atoms. The van der Waals surface area contributed by atoms with Gasteiger partial charge in [-0.2, -0.15) is 0 Å². The van der Waals surface area contributed by atoms with Crippen LogP contribution >= 0.6 is 38.6 Å². The van der Waals surface area contributed by atoms with Crippen molar-refractivity contribution in [3.63, 3.8) is 0 Å². The topological polar surface area (TPSA) is 107 Å². The Balaban J connectivity index is 1.38. The first-order valence-electron chi connectivity index (χ1n) is 13.9. The fraction of sp³-hybridized carbons (Fsp3) is 0.118. The van der Waals surface area contributed by atoms with Crippen molar-refractivity contribution in [2.75, 3.05) is 6.61 Å². The number of carboxylic acid groups (broad SMARTS) is 1. The van der Waals surface area contributed by atoms with Crippen molar-refractivity contribution in [3.05, 3.63) is 147 Å². The summed E-state index contributed by atoms with van der Waals surface area (Å²) in [7, 11) is 0. The molecule has 0 amide bonds. The normalized spacial score (nSPS) is 14.5. The molecule has 0 saturated heterocycles. The Morgan fingerprint density at radius 1 is 1.04 bits per heavy atom. The third kappa shape index (κ3) is 6.32. The number of benzene rings is 3. The van der Waals surface area contributed by atoms with Crippen LogP contribution in [0.4, 0.5) is 0 Å². The van der Waals surface area contributed by atoms with Crippen LogP contribution in [0.15, 0.2) is 110 Å². The molecular formula is C34H25BrN2O6S2. The second kappa shape index (κ2) is 13.2. The molecule has 0 spiro atoms. The van der Waals surface area contributed by atoms with Gasteiger partial charge in [0.1, 0.15) is 18.4 Å². The van der Waals surface area contributed by atoms with Crippen LogP contribution < -0.4 is 19.6 Å². The molecule has 1 N–H and O–H groups in total.